The fourth-order valence-electron chi connectivity index (χ4n) is 1.31. The van der Waals surface area contributed by atoms with E-state index in [2.05, 4.69) is 29.5 Å². The minimum atomic E-state index is -0.0172. The lowest BCUT2D eigenvalue weighted by Gasteiger charge is -2.25. The molecule has 0 unspecified atom stereocenters. The van der Waals surface area contributed by atoms with Crippen LogP contribution in [0, 0.1) is 0 Å². The molecule has 2 N–H and O–H groups in total. The molecule has 1 aromatic heterocycles. The van der Waals surface area contributed by atoms with Crippen molar-refractivity contribution in [2.75, 3.05) is 11.9 Å². The van der Waals surface area contributed by atoms with Crippen LogP contribution in [0.15, 0.2) is 5.38 Å². The highest BCUT2D eigenvalue weighted by atomic mass is 32.1. The number of hydrogen-bond acceptors (Lipinski definition) is 4. The first-order chi connectivity index (χ1) is 7.16. The second-order valence-corrected chi connectivity index (χ2v) is 4.87. The maximum Gasteiger partial charge on any atom is 0.243 e. The van der Waals surface area contributed by atoms with Crippen LogP contribution in [0.2, 0.25) is 0 Å². The van der Waals surface area contributed by atoms with Gasteiger partial charge in [0, 0.05) is 5.38 Å². The molecule has 82 valence electrons. The molecule has 0 aromatic carbocycles. The van der Waals surface area contributed by atoms with Gasteiger partial charge >= 0.3 is 0 Å². The van der Waals surface area contributed by atoms with Crippen LogP contribution in [0.25, 0.3) is 0 Å². The summed E-state index contributed by atoms with van der Waals surface area (Å²) in [5.41, 5.74) is 1.04. The van der Waals surface area contributed by atoms with Crippen molar-refractivity contribution in [3.8, 4) is 0 Å². The second-order valence-electron chi connectivity index (χ2n) is 4.02. The highest BCUT2D eigenvalue weighted by Gasteiger charge is 2.24. The summed E-state index contributed by atoms with van der Waals surface area (Å²) in [4.78, 5) is 15.9. The van der Waals surface area contributed by atoms with E-state index in [1.807, 2.05) is 5.38 Å². The van der Waals surface area contributed by atoms with Gasteiger partial charge in [0.15, 0.2) is 5.13 Å². The van der Waals surface area contributed by atoms with Gasteiger partial charge in [0.2, 0.25) is 5.91 Å². The van der Waals surface area contributed by atoms with E-state index in [1.165, 1.54) is 11.3 Å². The molecular weight excluding hydrogens is 210 g/mol. The fourth-order valence-corrected chi connectivity index (χ4v) is 2.19. The Bertz CT molecular complexity index is 357. The SMILES string of the molecule is CC(C)c1csc(NC(=O)[C@H]2CCN2)n1. The molecular formula is C10H15N3OS. The maximum atomic E-state index is 11.6. The summed E-state index contributed by atoms with van der Waals surface area (Å²) >= 11 is 1.49. The standard InChI is InChI=1S/C10H15N3OS/c1-6(2)8-5-15-10(12-8)13-9(14)7-3-4-11-7/h5-7,11H,3-4H2,1-2H3,(H,12,13,14)/t7-/m1/s1. The molecule has 0 radical (unpaired) electrons. The Morgan fingerprint density at radius 1 is 1.73 bits per heavy atom. The smallest absolute Gasteiger partial charge is 0.243 e. The van der Waals surface area contributed by atoms with Gasteiger partial charge in [-0.25, -0.2) is 4.98 Å². The van der Waals surface area contributed by atoms with Gasteiger partial charge < -0.3 is 10.6 Å². The number of thiazole rings is 1. The van der Waals surface area contributed by atoms with Crippen LogP contribution >= 0.6 is 11.3 Å². The van der Waals surface area contributed by atoms with Gasteiger partial charge in [-0.1, -0.05) is 13.8 Å². The van der Waals surface area contributed by atoms with Crippen LogP contribution < -0.4 is 10.6 Å². The largest absolute Gasteiger partial charge is 0.306 e. The van der Waals surface area contributed by atoms with Crippen molar-refractivity contribution in [3.05, 3.63) is 11.1 Å². The number of carbonyl (C=O) groups excluding carboxylic acids is 1. The van der Waals surface area contributed by atoms with E-state index in [9.17, 15) is 4.79 Å². The molecule has 1 aromatic rings. The van der Waals surface area contributed by atoms with E-state index in [-0.39, 0.29) is 11.9 Å². The van der Waals surface area contributed by atoms with Crippen molar-refractivity contribution in [1.82, 2.24) is 10.3 Å². The van der Waals surface area contributed by atoms with Crippen LogP contribution in [0.5, 0.6) is 0 Å². The third kappa shape index (κ3) is 2.35. The van der Waals surface area contributed by atoms with Crippen molar-refractivity contribution >= 4 is 22.4 Å². The maximum absolute atomic E-state index is 11.6. The Morgan fingerprint density at radius 3 is 2.93 bits per heavy atom. The molecule has 5 heteroatoms. The predicted molar refractivity (Wildman–Crippen MR) is 61.2 cm³/mol. The molecule has 0 aliphatic carbocycles. The van der Waals surface area contributed by atoms with Crippen molar-refractivity contribution in [1.29, 1.82) is 0 Å². The quantitative estimate of drug-likeness (QED) is 0.821. The lowest BCUT2D eigenvalue weighted by molar-refractivity contribution is -0.119. The van der Waals surface area contributed by atoms with E-state index < -0.39 is 0 Å². The molecule has 1 aliphatic heterocycles. The summed E-state index contributed by atoms with van der Waals surface area (Å²) in [5.74, 6) is 0.444. The molecule has 0 saturated carbocycles. The Labute approximate surface area is 93.1 Å². The summed E-state index contributed by atoms with van der Waals surface area (Å²) in [6.45, 7) is 5.12. The average Bonchev–Trinajstić information content (AvgIpc) is 2.48. The third-order valence-corrected chi connectivity index (χ3v) is 3.26. The Balaban J connectivity index is 1.95. The molecule has 1 amide bonds. The number of rotatable bonds is 3. The summed E-state index contributed by atoms with van der Waals surface area (Å²) in [7, 11) is 0. The molecule has 0 bridgehead atoms. The summed E-state index contributed by atoms with van der Waals surface area (Å²) in [6.07, 6.45) is 0.925. The molecule has 1 saturated heterocycles. The van der Waals surface area contributed by atoms with Crippen molar-refractivity contribution in [2.24, 2.45) is 0 Å². The van der Waals surface area contributed by atoms with Gasteiger partial charge in [-0.15, -0.1) is 11.3 Å². The van der Waals surface area contributed by atoms with Gasteiger partial charge in [-0.05, 0) is 18.9 Å². The Morgan fingerprint density at radius 2 is 2.47 bits per heavy atom. The molecule has 1 atom stereocenters. The number of nitrogens with zero attached hydrogens (tertiary/aromatic N) is 1. The Hall–Kier alpha value is -0.940. The highest BCUT2D eigenvalue weighted by molar-refractivity contribution is 7.13. The predicted octanol–water partition coefficient (Wildman–Crippen LogP) is 1.57. The van der Waals surface area contributed by atoms with Gasteiger partial charge in [-0.2, -0.15) is 0 Å². The normalized spacial score (nSPS) is 20.1. The molecule has 15 heavy (non-hydrogen) atoms. The molecule has 1 aliphatic rings. The zero-order valence-electron chi connectivity index (χ0n) is 8.91. The first-order valence-electron chi connectivity index (χ1n) is 5.16. The first kappa shape index (κ1) is 10.6. The van der Waals surface area contributed by atoms with Gasteiger partial charge in [-0.3, -0.25) is 4.79 Å². The number of hydrogen-bond donors (Lipinski definition) is 2. The summed E-state index contributed by atoms with van der Waals surface area (Å²) in [6, 6.07) is -0.0172. The molecule has 1 fully saturated rings. The van der Waals surface area contributed by atoms with Gasteiger partial charge in [0.05, 0.1) is 11.7 Å². The van der Waals surface area contributed by atoms with Crippen molar-refractivity contribution < 1.29 is 4.79 Å². The van der Waals surface area contributed by atoms with Crippen LogP contribution in [0.1, 0.15) is 31.9 Å². The first-order valence-corrected chi connectivity index (χ1v) is 6.04. The Kier molecular flexibility index (Phi) is 3.02. The molecule has 0 spiro atoms. The summed E-state index contributed by atoms with van der Waals surface area (Å²) < 4.78 is 0. The average molecular weight is 225 g/mol. The zero-order chi connectivity index (χ0) is 10.8. The van der Waals surface area contributed by atoms with Crippen molar-refractivity contribution in [3.63, 3.8) is 0 Å². The van der Waals surface area contributed by atoms with Gasteiger partial charge in [0.1, 0.15) is 0 Å². The van der Waals surface area contributed by atoms with Crippen LogP contribution in [-0.4, -0.2) is 23.5 Å². The van der Waals surface area contributed by atoms with Crippen LogP contribution in [0.4, 0.5) is 5.13 Å². The van der Waals surface area contributed by atoms with E-state index in [0.717, 1.165) is 18.7 Å². The number of amides is 1. The zero-order valence-corrected chi connectivity index (χ0v) is 9.73. The molecule has 2 heterocycles. The number of anilines is 1. The highest BCUT2D eigenvalue weighted by Crippen LogP contribution is 2.21. The lowest BCUT2D eigenvalue weighted by Crippen LogP contribution is -2.50. The number of nitrogens with one attached hydrogen (secondary N) is 2. The summed E-state index contributed by atoms with van der Waals surface area (Å²) in [5, 5.41) is 8.59. The minimum absolute atomic E-state index is 0.0172. The number of carbonyl (C=O) groups is 1. The monoisotopic (exact) mass is 225 g/mol. The number of aromatic nitrogens is 1. The van der Waals surface area contributed by atoms with E-state index >= 15 is 0 Å². The molecule has 4 nitrogen and oxygen atoms in total. The second kappa shape index (κ2) is 4.28. The van der Waals surface area contributed by atoms with Gasteiger partial charge in [0.25, 0.3) is 0 Å². The molecule has 2 rings (SSSR count). The van der Waals surface area contributed by atoms with E-state index in [4.69, 9.17) is 0 Å². The topological polar surface area (TPSA) is 54.0 Å². The van der Waals surface area contributed by atoms with E-state index in [1.54, 1.807) is 0 Å². The third-order valence-electron chi connectivity index (χ3n) is 2.48. The lowest BCUT2D eigenvalue weighted by atomic mass is 10.1. The van der Waals surface area contributed by atoms with Crippen LogP contribution in [-0.2, 0) is 4.79 Å². The van der Waals surface area contributed by atoms with Crippen molar-refractivity contribution in [2.45, 2.75) is 32.2 Å². The fraction of sp³-hybridized carbons (Fsp3) is 0.600. The minimum Gasteiger partial charge on any atom is -0.306 e. The van der Waals surface area contributed by atoms with E-state index in [0.29, 0.717) is 11.0 Å². The van der Waals surface area contributed by atoms with Crippen LogP contribution in [0.3, 0.4) is 0 Å².